The van der Waals surface area contributed by atoms with E-state index in [9.17, 15) is 4.79 Å². The van der Waals surface area contributed by atoms with Crippen molar-refractivity contribution >= 4 is 17.5 Å². The lowest BCUT2D eigenvalue weighted by molar-refractivity contribution is 0.0954. The molecule has 0 aliphatic carbocycles. The first kappa shape index (κ1) is 13.6. The highest BCUT2D eigenvalue weighted by Gasteiger charge is 2.04. The average molecular weight is 274 g/mol. The molecule has 0 spiro atoms. The highest BCUT2D eigenvalue weighted by molar-refractivity contribution is 6.30. The lowest BCUT2D eigenvalue weighted by Gasteiger charge is -2.06. The van der Waals surface area contributed by atoms with Gasteiger partial charge in [-0.2, -0.15) is 0 Å². The summed E-state index contributed by atoms with van der Waals surface area (Å²) in [5.41, 5.74) is 3.10. The summed E-state index contributed by atoms with van der Waals surface area (Å²) in [5.74, 6) is -0.0659. The largest absolute Gasteiger partial charge is 0.352 e. The number of benzene rings is 2. The number of carbonyl (C=O) groups is 1. The molecule has 1 N–H and O–H groups in total. The molecule has 2 nitrogen and oxygen atoms in total. The summed E-state index contributed by atoms with van der Waals surface area (Å²) in [6, 6.07) is 15.2. The molecule has 2 aromatic carbocycles. The van der Waals surface area contributed by atoms with Crippen molar-refractivity contribution in [2.45, 2.75) is 13.3 Å². The topological polar surface area (TPSA) is 29.1 Å². The molecule has 2 rings (SSSR count). The first-order valence-electron chi connectivity index (χ1n) is 6.24. The highest BCUT2D eigenvalue weighted by Crippen LogP contribution is 2.09. The molecule has 0 aliphatic heterocycles. The summed E-state index contributed by atoms with van der Waals surface area (Å²) >= 11 is 5.78. The fourth-order valence-electron chi connectivity index (χ4n) is 1.78. The molecule has 0 atom stereocenters. The second kappa shape index (κ2) is 6.39. The van der Waals surface area contributed by atoms with Crippen LogP contribution >= 0.6 is 11.6 Å². The van der Waals surface area contributed by atoms with Crippen LogP contribution in [-0.2, 0) is 6.42 Å². The van der Waals surface area contributed by atoms with Gasteiger partial charge < -0.3 is 5.32 Å². The van der Waals surface area contributed by atoms with Crippen molar-refractivity contribution in [3.8, 4) is 0 Å². The van der Waals surface area contributed by atoms with Crippen LogP contribution < -0.4 is 5.32 Å². The summed E-state index contributed by atoms with van der Waals surface area (Å²) in [6.45, 7) is 2.69. The van der Waals surface area contributed by atoms with Crippen LogP contribution in [0.15, 0.2) is 48.5 Å². The van der Waals surface area contributed by atoms with Crippen LogP contribution in [0, 0.1) is 6.92 Å². The predicted molar refractivity (Wildman–Crippen MR) is 78.7 cm³/mol. The first-order valence-corrected chi connectivity index (χ1v) is 6.62. The minimum absolute atomic E-state index is 0.0659. The van der Waals surface area contributed by atoms with E-state index in [2.05, 4.69) is 36.5 Å². The van der Waals surface area contributed by atoms with Crippen LogP contribution in [0.25, 0.3) is 0 Å². The van der Waals surface area contributed by atoms with Gasteiger partial charge in [0.1, 0.15) is 0 Å². The van der Waals surface area contributed by atoms with Crippen molar-refractivity contribution < 1.29 is 4.79 Å². The molecule has 0 aromatic heterocycles. The summed E-state index contributed by atoms with van der Waals surface area (Å²) in [5, 5.41) is 3.53. The Morgan fingerprint density at radius 1 is 1.05 bits per heavy atom. The predicted octanol–water partition coefficient (Wildman–Crippen LogP) is 3.62. The Bertz CT molecular complexity index is 546. The molecule has 0 saturated carbocycles. The molecule has 2 aromatic rings. The summed E-state index contributed by atoms with van der Waals surface area (Å²) < 4.78 is 0. The van der Waals surface area contributed by atoms with Crippen LogP contribution in [0.2, 0.25) is 5.02 Å². The van der Waals surface area contributed by atoms with E-state index in [1.165, 1.54) is 11.1 Å². The summed E-state index contributed by atoms with van der Waals surface area (Å²) in [4.78, 5) is 11.8. The zero-order chi connectivity index (χ0) is 13.7. The summed E-state index contributed by atoms with van der Waals surface area (Å²) in [7, 11) is 0. The molecule has 19 heavy (non-hydrogen) atoms. The van der Waals surface area contributed by atoms with Crippen molar-refractivity contribution in [2.75, 3.05) is 6.54 Å². The fraction of sp³-hybridized carbons (Fsp3) is 0.188. The van der Waals surface area contributed by atoms with E-state index in [1.54, 1.807) is 24.3 Å². The van der Waals surface area contributed by atoms with E-state index >= 15 is 0 Å². The molecular formula is C16H16ClNO. The van der Waals surface area contributed by atoms with Gasteiger partial charge in [-0.1, -0.05) is 41.4 Å². The van der Waals surface area contributed by atoms with Crippen molar-refractivity contribution in [3.05, 3.63) is 70.2 Å². The molecule has 3 heteroatoms. The van der Waals surface area contributed by atoms with Crippen molar-refractivity contribution in [1.29, 1.82) is 0 Å². The van der Waals surface area contributed by atoms with Gasteiger partial charge in [-0.25, -0.2) is 0 Å². The fourth-order valence-corrected chi connectivity index (χ4v) is 1.90. The average Bonchev–Trinajstić information content (AvgIpc) is 2.41. The molecule has 98 valence electrons. The van der Waals surface area contributed by atoms with Gasteiger partial charge in [0.15, 0.2) is 0 Å². The van der Waals surface area contributed by atoms with Crippen LogP contribution in [0.4, 0.5) is 0 Å². The molecule has 0 bridgehead atoms. The minimum Gasteiger partial charge on any atom is -0.352 e. The Morgan fingerprint density at radius 3 is 2.32 bits per heavy atom. The van der Waals surface area contributed by atoms with Gasteiger partial charge in [-0.3, -0.25) is 4.79 Å². The maximum atomic E-state index is 11.8. The van der Waals surface area contributed by atoms with Crippen LogP contribution in [0.5, 0.6) is 0 Å². The number of hydrogen-bond donors (Lipinski definition) is 1. The third kappa shape index (κ3) is 4.11. The first-order chi connectivity index (χ1) is 9.15. The maximum Gasteiger partial charge on any atom is 0.251 e. The van der Waals surface area contributed by atoms with Crippen LogP contribution in [0.3, 0.4) is 0 Å². The van der Waals surface area contributed by atoms with Gasteiger partial charge in [-0.05, 0) is 43.2 Å². The highest BCUT2D eigenvalue weighted by atomic mass is 35.5. The maximum absolute atomic E-state index is 11.8. The molecule has 1 amide bonds. The van der Waals surface area contributed by atoms with Crippen molar-refractivity contribution in [2.24, 2.45) is 0 Å². The Morgan fingerprint density at radius 2 is 1.68 bits per heavy atom. The van der Waals surface area contributed by atoms with E-state index in [-0.39, 0.29) is 5.91 Å². The number of rotatable bonds is 4. The van der Waals surface area contributed by atoms with Crippen molar-refractivity contribution in [1.82, 2.24) is 5.32 Å². The molecule has 0 fully saturated rings. The van der Waals surface area contributed by atoms with Gasteiger partial charge in [0.05, 0.1) is 0 Å². The van der Waals surface area contributed by atoms with E-state index in [0.717, 1.165) is 6.42 Å². The summed E-state index contributed by atoms with van der Waals surface area (Å²) in [6.07, 6.45) is 0.833. The van der Waals surface area contributed by atoms with E-state index in [0.29, 0.717) is 17.1 Å². The molecule has 0 aliphatic rings. The lowest BCUT2D eigenvalue weighted by Crippen LogP contribution is -2.25. The lowest BCUT2D eigenvalue weighted by atomic mass is 10.1. The van der Waals surface area contributed by atoms with Crippen molar-refractivity contribution in [3.63, 3.8) is 0 Å². The monoisotopic (exact) mass is 273 g/mol. The van der Waals surface area contributed by atoms with E-state index in [4.69, 9.17) is 11.6 Å². The third-order valence-corrected chi connectivity index (χ3v) is 3.18. The Hall–Kier alpha value is -1.80. The van der Waals surface area contributed by atoms with Crippen LogP contribution in [-0.4, -0.2) is 12.5 Å². The number of halogens is 1. The Balaban J connectivity index is 1.84. The number of aryl methyl sites for hydroxylation is 1. The second-order valence-corrected chi connectivity index (χ2v) is 4.93. The van der Waals surface area contributed by atoms with Gasteiger partial charge in [0, 0.05) is 17.1 Å². The number of carbonyl (C=O) groups excluding carboxylic acids is 1. The number of hydrogen-bond acceptors (Lipinski definition) is 1. The zero-order valence-corrected chi connectivity index (χ0v) is 11.6. The van der Waals surface area contributed by atoms with Gasteiger partial charge in [0.25, 0.3) is 5.91 Å². The van der Waals surface area contributed by atoms with E-state index in [1.807, 2.05) is 0 Å². The number of amides is 1. The molecule has 0 heterocycles. The SMILES string of the molecule is Cc1ccc(CCNC(=O)c2ccc(Cl)cc2)cc1. The molecule has 0 radical (unpaired) electrons. The smallest absolute Gasteiger partial charge is 0.251 e. The van der Waals surface area contributed by atoms with Gasteiger partial charge in [0.2, 0.25) is 0 Å². The number of nitrogens with one attached hydrogen (secondary N) is 1. The molecule has 0 saturated heterocycles. The Kier molecular flexibility index (Phi) is 4.58. The quantitative estimate of drug-likeness (QED) is 0.906. The van der Waals surface area contributed by atoms with Crippen LogP contribution in [0.1, 0.15) is 21.5 Å². The minimum atomic E-state index is -0.0659. The molecular weight excluding hydrogens is 258 g/mol. The van der Waals surface area contributed by atoms with Gasteiger partial charge in [-0.15, -0.1) is 0 Å². The van der Waals surface area contributed by atoms with E-state index < -0.39 is 0 Å². The Labute approximate surface area is 118 Å². The normalized spacial score (nSPS) is 10.2. The molecule has 0 unspecified atom stereocenters. The second-order valence-electron chi connectivity index (χ2n) is 4.50. The third-order valence-electron chi connectivity index (χ3n) is 2.93. The standard InChI is InChI=1S/C16H16ClNO/c1-12-2-4-13(5-3-12)10-11-18-16(19)14-6-8-15(17)9-7-14/h2-9H,10-11H2,1H3,(H,18,19). The zero-order valence-electron chi connectivity index (χ0n) is 10.8. The van der Waals surface area contributed by atoms with Gasteiger partial charge >= 0.3 is 0 Å².